The molecule has 1 fully saturated rings. The van der Waals surface area contributed by atoms with E-state index in [2.05, 4.69) is 22.0 Å². The molecule has 0 aromatic rings. The van der Waals surface area contributed by atoms with Crippen molar-refractivity contribution >= 4 is 11.9 Å². The van der Waals surface area contributed by atoms with Crippen LogP contribution in [0, 0.1) is 23.7 Å². The van der Waals surface area contributed by atoms with Crippen molar-refractivity contribution in [2.45, 2.75) is 32.1 Å². The van der Waals surface area contributed by atoms with Crippen LogP contribution in [0.3, 0.4) is 0 Å². The maximum absolute atomic E-state index is 12.6. The fraction of sp³-hybridized carbons (Fsp3) is 0.810. The van der Waals surface area contributed by atoms with Gasteiger partial charge in [0.25, 0.3) is 0 Å². The maximum Gasteiger partial charge on any atom is 0.310 e. The Morgan fingerprint density at radius 1 is 0.778 bits per heavy atom. The first-order chi connectivity index (χ1) is 12.9. The molecule has 0 aromatic heterocycles. The second kappa shape index (κ2) is 10.8. The Kier molecular flexibility index (Phi) is 8.77. The molecule has 2 rings (SSSR count). The van der Waals surface area contributed by atoms with Gasteiger partial charge in [0, 0.05) is 0 Å². The van der Waals surface area contributed by atoms with Crippen LogP contribution in [-0.4, -0.2) is 76.2 Å². The van der Waals surface area contributed by atoms with Gasteiger partial charge in [-0.2, -0.15) is 0 Å². The van der Waals surface area contributed by atoms with E-state index >= 15 is 0 Å². The fourth-order valence-corrected chi connectivity index (χ4v) is 4.06. The second-order valence-corrected chi connectivity index (χ2v) is 8.36. The number of rotatable bonds is 12. The number of hydrogen-bond donors (Lipinski definition) is 0. The van der Waals surface area contributed by atoms with Gasteiger partial charge in [-0.05, 0) is 85.2 Å². The molecule has 0 heterocycles. The van der Waals surface area contributed by atoms with Crippen molar-refractivity contribution in [3.63, 3.8) is 0 Å². The van der Waals surface area contributed by atoms with Crippen molar-refractivity contribution in [3.05, 3.63) is 12.2 Å². The smallest absolute Gasteiger partial charge is 0.310 e. The van der Waals surface area contributed by atoms with Crippen LogP contribution < -0.4 is 0 Å². The van der Waals surface area contributed by atoms with Gasteiger partial charge in [0.1, 0.15) is 0 Å². The van der Waals surface area contributed by atoms with Crippen molar-refractivity contribution in [2.75, 3.05) is 54.5 Å². The number of fused-ring (bicyclic) bond motifs is 2. The summed E-state index contributed by atoms with van der Waals surface area (Å²) in [5.41, 5.74) is 0. The Balaban J connectivity index is 1.77. The molecule has 2 aliphatic carbocycles. The van der Waals surface area contributed by atoms with E-state index in [1.165, 1.54) is 0 Å². The number of carbonyl (C=O) groups is 2. The highest BCUT2D eigenvalue weighted by Crippen LogP contribution is 2.49. The lowest BCUT2D eigenvalue weighted by Crippen LogP contribution is -2.35. The number of allylic oxidation sites excluding steroid dienone is 2. The summed E-state index contributed by atoms with van der Waals surface area (Å²) in [6.45, 7) is 2.82. The molecule has 4 unspecified atom stereocenters. The van der Waals surface area contributed by atoms with Crippen LogP contribution in [0.15, 0.2) is 12.2 Å². The summed E-state index contributed by atoms with van der Waals surface area (Å²) in [5, 5.41) is 0. The van der Waals surface area contributed by atoms with Gasteiger partial charge in [0.05, 0.1) is 25.0 Å². The van der Waals surface area contributed by atoms with Crippen LogP contribution >= 0.6 is 0 Å². The highest BCUT2D eigenvalue weighted by molar-refractivity contribution is 5.84. The Morgan fingerprint density at radius 2 is 1.19 bits per heavy atom. The predicted molar refractivity (Wildman–Crippen MR) is 105 cm³/mol. The largest absolute Gasteiger partial charge is 0.465 e. The zero-order valence-corrected chi connectivity index (χ0v) is 17.4. The van der Waals surface area contributed by atoms with Crippen molar-refractivity contribution < 1.29 is 19.1 Å². The first-order valence-electron chi connectivity index (χ1n) is 10.2. The molecule has 154 valence electrons. The van der Waals surface area contributed by atoms with E-state index < -0.39 is 0 Å². The average Bonchev–Trinajstić information content (AvgIpc) is 3.21. The lowest BCUT2D eigenvalue weighted by molar-refractivity contribution is -0.161. The third kappa shape index (κ3) is 6.61. The number of carbonyl (C=O) groups excluding carboxylic acids is 2. The molecule has 0 spiro atoms. The first-order valence-corrected chi connectivity index (χ1v) is 10.2. The van der Waals surface area contributed by atoms with E-state index in [9.17, 15) is 9.59 Å². The van der Waals surface area contributed by atoms with Gasteiger partial charge < -0.3 is 19.3 Å². The van der Waals surface area contributed by atoms with Crippen LogP contribution in [0.1, 0.15) is 32.1 Å². The summed E-state index contributed by atoms with van der Waals surface area (Å²) in [6.07, 6.45) is 8.70. The third-order valence-corrected chi connectivity index (χ3v) is 5.49. The predicted octanol–water partition coefficient (Wildman–Crippen LogP) is 2.19. The van der Waals surface area contributed by atoms with Crippen LogP contribution in [0.25, 0.3) is 0 Å². The molecule has 0 aliphatic heterocycles. The van der Waals surface area contributed by atoms with Crippen LogP contribution in [-0.2, 0) is 19.1 Å². The lowest BCUT2D eigenvalue weighted by atomic mass is 9.83. The number of ether oxygens (including phenoxy) is 2. The van der Waals surface area contributed by atoms with E-state index in [1.54, 1.807) is 0 Å². The molecule has 2 bridgehead atoms. The Morgan fingerprint density at radius 3 is 1.56 bits per heavy atom. The van der Waals surface area contributed by atoms with E-state index in [-0.39, 0.29) is 35.6 Å². The quantitative estimate of drug-likeness (QED) is 0.294. The molecular formula is C21H36N2O4. The number of esters is 2. The van der Waals surface area contributed by atoms with Gasteiger partial charge in [-0.15, -0.1) is 0 Å². The highest BCUT2D eigenvalue weighted by atomic mass is 16.5. The van der Waals surface area contributed by atoms with Crippen molar-refractivity contribution in [1.29, 1.82) is 0 Å². The summed E-state index contributed by atoms with van der Waals surface area (Å²) in [4.78, 5) is 29.5. The van der Waals surface area contributed by atoms with Gasteiger partial charge in [0.15, 0.2) is 0 Å². The summed E-state index contributed by atoms with van der Waals surface area (Å²) < 4.78 is 11.0. The number of unbranched alkanes of at least 4 members (excludes halogenated alkanes) is 2. The number of hydrogen-bond acceptors (Lipinski definition) is 6. The fourth-order valence-electron chi connectivity index (χ4n) is 4.06. The van der Waals surface area contributed by atoms with Gasteiger partial charge in [-0.1, -0.05) is 12.2 Å². The van der Waals surface area contributed by atoms with Crippen molar-refractivity contribution in [2.24, 2.45) is 23.7 Å². The van der Waals surface area contributed by atoms with Crippen molar-refractivity contribution in [1.82, 2.24) is 9.80 Å². The van der Waals surface area contributed by atoms with Crippen LogP contribution in [0.2, 0.25) is 0 Å². The zero-order valence-electron chi connectivity index (χ0n) is 17.4. The van der Waals surface area contributed by atoms with E-state index in [1.807, 2.05) is 28.2 Å². The van der Waals surface area contributed by atoms with Crippen LogP contribution in [0.4, 0.5) is 0 Å². The summed E-state index contributed by atoms with van der Waals surface area (Å²) in [5.74, 6) is -0.963. The second-order valence-electron chi connectivity index (χ2n) is 8.36. The molecule has 2 aliphatic rings. The minimum Gasteiger partial charge on any atom is -0.465 e. The average molecular weight is 381 g/mol. The first kappa shape index (κ1) is 21.9. The van der Waals surface area contributed by atoms with Gasteiger partial charge in [-0.25, -0.2) is 0 Å². The molecule has 27 heavy (non-hydrogen) atoms. The minimum atomic E-state index is -0.372. The SMILES string of the molecule is CN(C)CCCCOC(=O)C1C2C=CC(C2)C1C(=O)OCCCCN(C)C. The Hall–Kier alpha value is -1.40. The molecule has 6 heteroatoms. The van der Waals surface area contributed by atoms with Gasteiger partial charge >= 0.3 is 11.9 Å². The molecule has 0 saturated heterocycles. The highest BCUT2D eigenvalue weighted by Gasteiger charge is 2.53. The molecule has 4 atom stereocenters. The van der Waals surface area contributed by atoms with E-state index in [0.29, 0.717) is 13.2 Å². The summed E-state index contributed by atoms with van der Waals surface area (Å²) >= 11 is 0. The lowest BCUT2D eigenvalue weighted by Gasteiger charge is -2.25. The van der Waals surface area contributed by atoms with Gasteiger partial charge in [-0.3, -0.25) is 9.59 Å². The number of nitrogens with zero attached hydrogens (tertiary/aromatic N) is 2. The third-order valence-electron chi connectivity index (χ3n) is 5.49. The van der Waals surface area contributed by atoms with E-state index in [0.717, 1.165) is 45.2 Å². The topological polar surface area (TPSA) is 59.1 Å². The molecule has 0 N–H and O–H groups in total. The molecule has 1 saturated carbocycles. The monoisotopic (exact) mass is 380 g/mol. The molecular weight excluding hydrogens is 344 g/mol. The molecule has 0 aromatic carbocycles. The van der Waals surface area contributed by atoms with E-state index in [4.69, 9.17) is 9.47 Å². The molecule has 0 amide bonds. The standard InChI is InChI=1S/C21H36N2O4/c1-22(2)11-5-7-13-26-20(24)18-16-9-10-17(15-16)19(18)21(25)27-14-8-6-12-23(3)4/h9-10,16-19H,5-8,11-15H2,1-4H3. The van der Waals surface area contributed by atoms with Crippen molar-refractivity contribution in [3.8, 4) is 0 Å². The molecule has 0 radical (unpaired) electrons. The Labute approximate surface area is 163 Å². The normalized spacial score (nSPS) is 26.1. The Bertz CT molecular complexity index is 474. The summed E-state index contributed by atoms with van der Waals surface area (Å²) in [6, 6.07) is 0. The minimum absolute atomic E-state index is 0.121. The molecule has 6 nitrogen and oxygen atoms in total. The van der Waals surface area contributed by atoms with Crippen LogP contribution in [0.5, 0.6) is 0 Å². The maximum atomic E-state index is 12.6. The summed E-state index contributed by atoms with van der Waals surface area (Å²) in [7, 11) is 8.13. The zero-order chi connectivity index (χ0) is 19.8. The van der Waals surface area contributed by atoms with Gasteiger partial charge in [0.2, 0.25) is 0 Å².